The zero-order chi connectivity index (χ0) is 20.5. The summed E-state index contributed by atoms with van der Waals surface area (Å²) in [6, 6.07) is 3.57. The van der Waals surface area contributed by atoms with Gasteiger partial charge in [-0.2, -0.15) is 0 Å². The van der Waals surface area contributed by atoms with Crippen LogP contribution in [0.15, 0.2) is 18.2 Å². The van der Waals surface area contributed by atoms with Gasteiger partial charge in [0.05, 0.1) is 18.2 Å². The van der Waals surface area contributed by atoms with Crippen LogP contribution in [0.1, 0.15) is 25.8 Å². The van der Waals surface area contributed by atoms with Gasteiger partial charge < -0.3 is 24.6 Å². The number of likely N-dealkylation sites (N-methyl/N-ethyl adjacent to an activating group) is 1. The fourth-order valence-corrected chi connectivity index (χ4v) is 3.27. The Kier molecular flexibility index (Phi) is 9.09. The molecule has 0 saturated carbocycles. The molecule has 2 rings (SSSR count). The number of nitrogens with one attached hydrogen (secondary N) is 1. The minimum atomic E-state index is -0.115. The molecule has 1 fully saturated rings. The molecule has 0 unspecified atom stereocenters. The molecule has 1 amide bonds. The van der Waals surface area contributed by atoms with Gasteiger partial charge in [-0.1, -0.05) is 11.6 Å². The lowest BCUT2D eigenvalue weighted by Gasteiger charge is -2.32. The normalized spacial score (nSPS) is 15.9. The summed E-state index contributed by atoms with van der Waals surface area (Å²) in [7, 11) is 3.72. The highest BCUT2D eigenvalue weighted by Gasteiger charge is 2.14. The summed E-state index contributed by atoms with van der Waals surface area (Å²) in [6.45, 7) is 9.97. The lowest BCUT2D eigenvalue weighted by Crippen LogP contribution is -2.45. The number of piperazine rings is 1. The Bertz CT molecular complexity index is 671. The van der Waals surface area contributed by atoms with Gasteiger partial charge in [0.2, 0.25) is 5.91 Å². The maximum atomic E-state index is 12.1. The molecule has 1 aromatic rings. The van der Waals surface area contributed by atoms with Gasteiger partial charge in [0.15, 0.2) is 11.5 Å². The van der Waals surface area contributed by atoms with Crippen LogP contribution in [-0.4, -0.2) is 75.2 Å². The minimum absolute atomic E-state index is 0.00980. The number of methoxy groups -OCH3 is 1. The Morgan fingerprint density at radius 2 is 2.00 bits per heavy atom. The number of ether oxygens (including phenoxy) is 2. The van der Waals surface area contributed by atoms with Crippen LogP contribution in [0.4, 0.5) is 0 Å². The minimum Gasteiger partial charge on any atom is -0.493 e. The average molecular weight is 410 g/mol. The molecule has 1 saturated heterocycles. The first kappa shape index (κ1) is 22.5. The standard InChI is InChI=1S/C21H32ClN3O3/c1-16(2)28-21-18(22)14-17(15-19(21)27-4)6-7-20(26)23-8-5-9-25-12-10-24(3)11-13-25/h6-7,14-16H,5,8-13H2,1-4H3,(H,23,26)/b7-6+. The Balaban J connectivity index is 1.80. The molecule has 7 heteroatoms. The number of hydrogen-bond acceptors (Lipinski definition) is 5. The molecule has 1 heterocycles. The molecule has 0 atom stereocenters. The van der Waals surface area contributed by atoms with E-state index in [4.69, 9.17) is 21.1 Å². The summed E-state index contributed by atoms with van der Waals surface area (Å²) < 4.78 is 11.1. The highest BCUT2D eigenvalue weighted by molar-refractivity contribution is 6.32. The number of carbonyl (C=O) groups is 1. The van der Waals surface area contributed by atoms with Crippen molar-refractivity contribution in [2.24, 2.45) is 0 Å². The summed E-state index contributed by atoms with van der Waals surface area (Å²) in [5.74, 6) is 0.953. The second-order valence-corrected chi connectivity index (χ2v) is 7.73. The van der Waals surface area contributed by atoms with Gasteiger partial charge in [0, 0.05) is 38.8 Å². The van der Waals surface area contributed by atoms with E-state index in [1.54, 1.807) is 25.3 Å². The van der Waals surface area contributed by atoms with Gasteiger partial charge in [0.1, 0.15) is 0 Å². The van der Waals surface area contributed by atoms with Crippen LogP contribution >= 0.6 is 11.6 Å². The van der Waals surface area contributed by atoms with Crippen molar-refractivity contribution in [3.8, 4) is 11.5 Å². The maximum absolute atomic E-state index is 12.1. The van der Waals surface area contributed by atoms with Crippen molar-refractivity contribution in [2.75, 3.05) is 53.4 Å². The van der Waals surface area contributed by atoms with E-state index >= 15 is 0 Å². The van der Waals surface area contributed by atoms with E-state index in [1.165, 1.54) is 6.08 Å². The van der Waals surface area contributed by atoms with Crippen LogP contribution in [0, 0.1) is 0 Å². The first-order chi connectivity index (χ1) is 13.4. The van der Waals surface area contributed by atoms with Crippen LogP contribution in [0.2, 0.25) is 5.02 Å². The first-order valence-electron chi connectivity index (χ1n) is 9.80. The third-order valence-corrected chi connectivity index (χ3v) is 4.86. The molecule has 0 aliphatic carbocycles. The lowest BCUT2D eigenvalue weighted by atomic mass is 10.2. The van der Waals surface area contributed by atoms with Crippen LogP contribution in [-0.2, 0) is 4.79 Å². The molecular weight excluding hydrogens is 378 g/mol. The number of hydrogen-bond donors (Lipinski definition) is 1. The fourth-order valence-electron chi connectivity index (χ4n) is 3.00. The molecule has 0 radical (unpaired) electrons. The van der Waals surface area contributed by atoms with Gasteiger partial charge in [0.25, 0.3) is 0 Å². The van der Waals surface area contributed by atoms with Crippen molar-refractivity contribution < 1.29 is 14.3 Å². The topological polar surface area (TPSA) is 54.0 Å². The van der Waals surface area contributed by atoms with E-state index in [9.17, 15) is 4.79 Å². The summed E-state index contributed by atoms with van der Waals surface area (Å²) in [5.41, 5.74) is 0.783. The molecule has 1 aliphatic rings. The lowest BCUT2D eigenvalue weighted by molar-refractivity contribution is -0.116. The maximum Gasteiger partial charge on any atom is 0.243 e. The van der Waals surface area contributed by atoms with Crippen LogP contribution < -0.4 is 14.8 Å². The van der Waals surface area contributed by atoms with E-state index in [1.807, 2.05) is 13.8 Å². The molecule has 1 aromatic carbocycles. The van der Waals surface area contributed by atoms with Crippen LogP contribution in [0.3, 0.4) is 0 Å². The third kappa shape index (κ3) is 7.34. The van der Waals surface area contributed by atoms with Gasteiger partial charge in [-0.05, 0) is 57.6 Å². The van der Waals surface area contributed by atoms with Crippen molar-refractivity contribution in [1.82, 2.24) is 15.1 Å². The third-order valence-electron chi connectivity index (χ3n) is 4.58. The van der Waals surface area contributed by atoms with Gasteiger partial charge in [-0.3, -0.25) is 4.79 Å². The van der Waals surface area contributed by atoms with Crippen molar-refractivity contribution in [3.05, 3.63) is 28.8 Å². The molecule has 28 heavy (non-hydrogen) atoms. The van der Waals surface area contributed by atoms with E-state index in [0.717, 1.165) is 44.7 Å². The second-order valence-electron chi connectivity index (χ2n) is 7.32. The Hall–Kier alpha value is -1.76. The van der Waals surface area contributed by atoms with Crippen LogP contribution in [0.25, 0.3) is 6.08 Å². The van der Waals surface area contributed by atoms with Gasteiger partial charge >= 0.3 is 0 Å². The number of carbonyl (C=O) groups excluding carboxylic acids is 1. The van der Waals surface area contributed by atoms with E-state index in [2.05, 4.69) is 22.2 Å². The molecule has 1 aliphatic heterocycles. The van der Waals surface area contributed by atoms with E-state index in [0.29, 0.717) is 23.1 Å². The summed E-state index contributed by atoms with van der Waals surface area (Å²) >= 11 is 6.31. The van der Waals surface area contributed by atoms with Crippen molar-refractivity contribution in [1.29, 1.82) is 0 Å². The molecule has 6 nitrogen and oxygen atoms in total. The number of halogens is 1. The molecule has 0 aromatic heterocycles. The van der Waals surface area contributed by atoms with Crippen LogP contribution in [0.5, 0.6) is 11.5 Å². The Labute approximate surface area is 173 Å². The first-order valence-corrected chi connectivity index (χ1v) is 10.2. The highest BCUT2D eigenvalue weighted by atomic mass is 35.5. The molecular formula is C21H32ClN3O3. The quantitative estimate of drug-likeness (QED) is 0.502. The second kappa shape index (κ2) is 11.3. The zero-order valence-corrected chi connectivity index (χ0v) is 18.1. The number of nitrogens with zero attached hydrogens (tertiary/aromatic N) is 2. The van der Waals surface area contributed by atoms with Gasteiger partial charge in [-0.25, -0.2) is 0 Å². The van der Waals surface area contributed by atoms with Crippen molar-refractivity contribution in [2.45, 2.75) is 26.4 Å². The monoisotopic (exact) mass is 409 g/mol. The Morgan fingerprint density at radius 3 is 2.64 bits per heavy atom. The van der Waals surface area contributed by atoms with Crippen molar-refractivity contribution in [3.63, 3.8) is 0 Å². The number of rotatable bonds is 9. The smallest absolute Gasteiger partial charge is 0.243 e. The SMILES string of the molecule is COc1cc(/C=C/C(=O)NCCCN2CCN(C)CC2)cc(Cl)c1OC(C)C. The highest BCUT2D eigenvalue weighted by Crippen LogP contribution is 2.37. The van der Waals surface area contributed by atoms with E-state index in [-0.39, 0.29) is 12.0 Å². The number of amides is 1. The predicted octanol–water partition coefficient (Wildman–Crippen LogP) is 2.90. The van der Waals surface area contributed by atoms with Gasteiger partial charge in [-0.15, -0.1) is 0 Å². The zero-order valence-electron chi connectivity index (χ0n) is 17.3. The summed E-state index contributed by atoms with van der Waals surface area (Å²) in [6.07, 6.45) is 4.18. The molecule has 0 spiro atoms. The molecule has 1 N–H and O–H groups in total. The summed E-state index contributed by atoms with van der Waals surface area (Å²) in [4.78, 5) is 16.8. The summed E-state index contributed by atoms with van der Waals surface area (Å²) in [5, 5.41) is 3.39. The molecule has 156 valence electrons. The number of benzene rings is 1. The molecule has 0 bridgehead atoms. The average Bonchev–Trinajstić information content (AvgIpc) is 2.66. The van der Waals surface area contributed by atoms with E-state index < -0.39 is 0 Å². The predicted molar refractivity (Wildman–Crippen MR) is 114 cm³/mol. The Morgan fingerprint density at radius 1 is 1.29 bits per heavy atom. The fraction of sp³-hybridized carbons (Fsp3) is 0.571. The van der Waals surface area contributed by atoms with Crippen molar-refractivity contribution >= 4 is 23.6 Å². The largest absolute Gasteiger partial charge is 0.493 e.